The smallest absolute Gasteiger partial charge is 0.172 e. The van der Waals surface area contributed by atoms with Gasteiger partial charge in [-0.15, -0.1) is 0 Å². The van der Waals surface area contributed by atoms with Gasteiger partial charge in [-0.3, -0.25) is 0 Å². The third kappa shape index (κ3) is 3.73. The third-order valence-electron chi connectivity index (χ3n) is 7.48. The standard InChI is InChI=1S/C29H29N3O2/c30-21-27-24-11-12-29(33-17-18-34-29)20-26(24)25(22-7-3-1-4-8-22)19-28(27)32-15-13-31(14-16-32)23-9-5-2-6-10-23/h1-10,19H,11-18,20H2. The molecule has 6 rings (SSSR count). The number of fused-ring (bicyclic) bond motifs is 1. The van der Waals surface area contributed by atoms with Gasteiger partial charge in [0.05, 0.1) is 24.5 Å². The van der Waals surface area contributed by atoms with Crippen LogP contribution in [0.25, 0.3) is 11.1 Å². The van der Waals surface area contributed by atoms with Crippen molar-refractivity contribution >= 4 is 11.4 Å². The predicted molar refractivity (Wildman–Crippen MR) is 134 cm³/mol. The van der Waals surface area contributed by atoms with E-state index in [0.29, 0.717) is 19.6 Å². The van der Waals surface area contributed by atoms with Crippen LogP contribution in [0.3, 0.4) is 0 Å². The Hall–Kier alpha value is -3.33. The Bertz CT molecular complexity index is 1210. The fraction of sp³-hybridized carbons (Fsp3) is 0.345. The van der Waals surface area contributed by atoms with Gasteiger partial charge in [-0.05, 0) is 46.9 Å². The van der Waals surface area contributed by atoms with Crippen LogP contribution in [-0.4, -0.2) is 45.2 Å². The van der Waals surface area contributed by atoms with Gasteiger partial charge in [0, 0.05) is 44.7 Å². The van der Waals surface area contributed by atoms with Crippen LogP contribution in [-0.2, 0) is 22.3 Å². The van der Waals surface area contributed by atoms with Gasteiger partial charge in [0.1, 0.15) is 6.07 Å². The van der Waals surface area contributed by atoms with Gasteiger partial charge in [0.2, 0.25) is 0 Å². The highest BCUT2D eigenvalue weighted by Crippen LogP contribution is 2.44. The summed E-state index contributed by atoms with van der Waals surface area (Å²) < 4.78 is 12.2. The maximum Gasteiger partial charge on any atom is 0.172 e. The highest BCUT2D eigenvalue weighted by Gasteiger charge is 2.42. The molecule has 0 unspecified atom stereocenters. The molecule has 0 aromatic heterocycles. The van der Waals surface area contributed by atoms with Gasteiger partial charge in [0.25, 0.3) is 0 Å². The molecule has 172 valence electrons. The van der Waals surface area contributed by atoms with Gasteiger partial charge in [-0.1, -0.05) is 48.5 Å². The summed E-state index contributed by atoms with van der Waals surface area (Å²) in [5.41, 5.74) is 7.93. The summed E-state index contributed by atoms with van der Waals surface area (Å²) in [6.07, 6.45) is 2.30. The monoisotopic (exact) mass is 451 g/mol. The van der Waals surface area contributed by atoms with E-state index in [1.807, 2.05) is 6.07 Å². The van der Waals surface area contributed by atoms with E-state index in [1.165, 1.54) is 27.9 Å². The molecule has 1 spiro atoms. The van der Waals surface area contributed by atoms with Gasteiger partial charge >= 0.3 is 0 Å². The van der Waals surface area contributed by atoms with Crippen molar-refractivity contribution in [1.82, 2.24) is 0 Å². The lowest BCUT2D eigenvalue weighted by Crippen LogP contribution is -2.47. The van der Waals surface area contributed by atoms with Crippen LogP contribution in [0.15, 0.2) is 66.7 Å². The van der Waals surface area contributed by atoms with Crippen LogP contribution >= 0.6 is 0 Å². The molecule has 0 radical (unpaired) electrons. The number of benzene rings is 3. The molecule has 0 bridgehead atoms. The first-order chi connectivity index (χ1) is 16.8. The van der Waals surface area contributed by atoms with E-state index in [0.717, 1.165) is 50.3 Å². The number of anilines is 2. The van der Waals surface area contributed by atoms with Crippen molar-refractivity contribution in [2.75, 3.05) is 49.2 Å². The molecule has 5 heteroatoms. The molecule has 2 saturated heterocycles. The van der Waals surface area contributed by atoms with Gasteiger partial charge in [-0.2, -0.15) is 5.26 Å². The van der Waals surface area contributed by atoms with Gasteiger partial charge in [-0.25, -0.2) is 0 Å². The number of para-hydroxylation sites is 1. The summed E-state index contributed by atoms with van der Waals surface area (Å²) in [5, 5.41) is 10.3. The number of nitrogens with zero attached hydrogens (tertiary/aromatic N) is 3. The highest BCUT2D eigenvalue weighted by atomic mass is 16.7. The molecule has 3 aromatic carbocycles. The predicted octanol–water partition coefficient (Wildman–Crippen LogP) is 4.78. The Balaban J connectivity index is 1.39. The van der Waals surface area contributed by atoms with Crippen LogP contribution in [0.2, 0.25) is 0 Å². The second kappa shape index (κ2) is 8.79. The van der Waals surface area contributed by atoms with E-state index in [-0.39, 0.29) is 0 Å². The zero-order valence-electron chi connectivity index (χ0n) is 19.4. The maximum atomic E-state index is 10.3. The molecule has 3 aromatic rings. The Kier molecular flexibility index (Phi) is 5.49. The van der Waals surface area contributed by atoms with E-state index in [2.05, 4.69) is 76.5 Å². The zero-order valence-corrected chi connectivity index (χ0v) is 19.4. The van der Waals surface area contributed by atoms with E-state index in [4.69, 9.17) is 9.47 Å². The normalized spacial score (nSPS) is 19.1. The number of ether oxygens (including phenoxy) is 2. The van der Waals surface area contributed by atoms with Crippen molar-refractivity contribution in [1.29, 1.82) is 5.26 Å². The van der Waals surface area contributed by atoms with Crippen molar-refractivity contribution in [3.8, 4) is 17.2 Å². The van der Waals surface area contributed by atoms with Gasteiger partial charge in [0.15, 0.2) is 5.79 Å². The molecule has 0 N–H and O–H groups in total. The highest BCUT2D eigenvalue weighted by molar-refractivity contribution is 5.79. The van der Waals surface area contributed by atoms with Gasteiger partial charge < -0.3 is 19.3 Å². The number of piperazine rings is 1. The van der Waals surface area contributed by atoms with E-state index in [9.17, 15) is 5.26 Å². The molecular weight excluding hydrogens is 422 g/mol. The molecule has 0 amide bonds. The summed E-state index contributed by atoms with van der Waals surface area (Å²) in [7, 11) is 0. The maximum absolute atomic E-state index is 10.3. The molecule has 5 nitrogen and oxygen atoms in total. The molecule has 34 heavy (non-hydrogen) atoms. The largest absolute Gasteiger partial charge is 0.368 e. The van der Waals surface area contributed by atoms with E-state index >= 15 is 0 Å². The first-order valence-corrected chi connectivity index (χ1v) is 12.2. The Morgan fingerprint density at radius 1 is 0.794 bits per heavy atom. The third-order valence-corrected chi connectivity index (χ3v) is 7.48. The van der Waals surface area contributed by atoms with Crippen LogP contribution in [0.1, 0.15) is 23.1 Å². The first kappa shape index (κ1) is 21.2. The van der Waals surface area contributed by atoms with Crippen molar-refractivity contribution in [2.24, 2.45) is 0 Å². The average Bonchev–Trinajstić information content (AvgIpc) is 3.36. The lowest BCUT2D eigenvalue weighted by Gasteiger charge is -2.40. The second-order valence-electron chi connectivity index (χ2n) is 9.35. The van der Waals surface area contributed by atoms with Crippen LogP contribution < -0.4 is 9.80 Å². The Labute approximate surface area is 201 Å². The molecule has 2 fully saturated rings. The van der Waals surface area contributed by atoms with Crippen molar-refractivity contribution in [3.63, 3.8) is 0 Å². The van der Waals surface area contributed by atoms with Crippen LogP contribution in [0.5, 0.6) is 0 Å². The molecule has 2 aliphatic heterocycles. The topological polar surface area (TPSA) is 48.7 Å². The molecule has 1 aliphatic carbocycles. The molecule has 3 aliphatic rings. The summed E-state index contributed by atoms with van der Waals surface area (Å²) in [6, 6.07) is 26.0. The Morgan fingerprint density at radius 3 is 2.12 bits per heavy atom. The minimum absolute atomic E-state index is 0.536. The van der Waals surface area contributed by atoms with Crippen molar-refractivity contribution < 1.29 is 9.47 Å². The first-order valence-electron chi connectivity index (χ1n) is 12.2. The summed E-state index contributed by atoms with van der Waals surface area (Å²) in [5.74, 6) is -0.536. The fourth-order valence-corrected chi connectivity index (χ4v) is 5.75. The van der Waals surface area contributed by atoms with Crippen LogP contribution in [0.4, 0.5) is 11.4 Å². The number of hydrogen-bond acceptors (Lipinski definition) is 5. The SMILES string of the molecule is N#Cc1c(N2CCN(c3ccccc3)CC2)cc(-c2ccccc2)c2c1CCC1(C2)OCCO1. The lowest BCUT2D eigenvalue weighted by molar-refractivity contribution is -0.163. The number of nitriles is 1. The Morgan fingerprint density at radius 2 is 1.44 bits per heavy atom. The molecule has 0 atom stereocenters. The second-order valence-corrected chi connectivity index (χ2v) is 9.35. The van der Waals surface area contributed by atoms with E-state index in [1.54, 1.807) is 0 Å². The summed E-state index contributed by atoms with van der Waals surface area (Å²) in [6.45, 7) is 4.96. The quantitative estimate of drug-likeness (QED) is 0.573. The summed E-state index contributed by atoms with van der Waals surface area (Å²) in [4.78, 5) is 4.83. The number of hydrogen-bond donors (Lipinski definition) is 0. The molecule has 2 heterocycles. The average molecular weight is 452 g/mol. The number of rotatable bonds is 3. The fourth-order valence-electron chi connectivity index (χ4n) is 5.75. The van der Waals surface area contributed by atoms with Crippen molar-refractivity contribution in [3.05, 3.63) is 83.4 Å². The zero-order chi connectivity index (χ0) is 23.0. The lowest BCUT2D eigenvalue weighted by atomic mass is 9.79. The minimum atomic E-state index is -0.536. The van der Waals surface area contributed by atoms with Crippen molar-refractivity contribution in [2.45, 2.75) is 25.0 Å². The van der Waals surface area contributed by atoms with Crippen LogP contribution in [0, 0.1) is 11.3 Å². The molecular formula is C29H29N3O2. The molecule has 0 saturated carbocycles. The minimum Gasteiger partial charge on any atom is -0.368 e. The van der Waals surface area contributed by atoms with E-state index < -0.39 is 5.79 Å². The summed E-state index contributed by atoms with van der Waals surface area (Å²) >= 11 is 0.